The van der Waals surface area contributed by atoms with E-state index in [9.17, 15) is 4.79 Å². The molecule has 6 heteroatoms. The van der Waals surface area contributed by atoms with Gasteiger partial charge in [-0.3, -0.25) is 4.79 Å². The van der Waals surface area contributed by atoms with Gasteiger partial charge in [0.05, 0.1) is 24.9 Å². The van der Waals surface area contributed by atoms with Crippen LogP contribution >= 0.6 is 15.9 Å². The third kappa shape index (κ3) is 3.85. The van der Waals surface area contributed by atoms with E-state index in [-0.39, 0.29) is 5.91 Å². The fourth-order valence-corrected chi connectivity index (χ4v) is 2.18. The molecule has 1 N–H and O–H groups in total. The number of ether oxygens (including phenoxy) is 1. The van der Waals surface area contributed by atoms with Crippen LogP contribution in [0.4, 0.5) is 0 Å². The molecule has 1 aromatic carbocycles. The monoisotopic (exact) mass is 352 g/mol. The molecule has 0 aliphatic heterocycles. The molecule has 0 unspecified atom stereocenters. The Balaban J connectivity index is 2.04. The number of carbonyl (C=O) groups excluding carboxylic acids is 1. The van der Waals surface area contributed by atoms with Crippen LogP contribution in [0.5, 0.6) is 5.75 Å². The Bertz CT molecular complexity index is 638. The summed E-state index contributed by atoms with van der Waals surface area (Å²) in [6.45, 7) is 4.36. The minimum atomic E-state index is -0.205. The summed E-state index contributed by atoms with van der Waals surface area (Å²) in [4.78, 5) is 12.2. The highest BCUT2D eigenvalue weighted by molar-refractivity contribution is 9.10. The Morgan fingerprint density at radius 3 is 2.81 bits per heavy atom. The fraction of sp³-hybridized carbons (Fsp3) is 0.333. The maximum atomic E-state index is 12.2. The van der Waals surface area contributed by atoms with Gasteiger partial charge in [-0.15, -0.1) is 0 Å². The predicted molar refractivity (Wildman–Crippen MR) is 82.5 cm³/mol. The quantitative estimate of drug-likeness (QED) is 0.894. The van der Waals surface area contributed by atoms with Crippen molar-refractivity contribution >= 4 is 21.8 Å². The summed E-state index contributed by atoms with van der Waals surface area (Å²) in [5.74, 6) is 1.35. The van der Waals surface area contributed by atoms with Crippen molar-refractivity contribution < 1.29 is 14.1 Å². The highest BCUT2D eigenvalue weighted by atomic mass is 79.9. The molecule has 0 bridgehead atoms. The molecule has 0 saturated carbocycles. The number of methoxy groups -OCH3 is 1. The molecule has 0 atom stereocenters. The lowest BCUT2D eigenvalue weighted by atomic mass is 10.1. The number of aromatic nitrogens is 1. The summed E-state index contributed by atoms with van der Waals surface area (Å²) in [6.07, 6.45) is 0. The normalized spacial score (nSPS) is 10.7. The van der Waals surface area contributed by atoms with Crippen LogP contribution in [0, 0.1) is 0 Å². The molecule has 21 heavy (non-hydrogen) atoms. The third-order valence-electron chi connectivity index (χ3n) is 3.01. The van der Waals surface area contributed by atoms with Gasteiger partial charge in [0.2, 0.25) is 0 Å². The predicted octanol–water partition coefficient (Wildman–Crippen LogP) is 3.50. The van der Waals surface area contributed by atoms with Gasteiger partial charge in [0.15, 0.2) is 5.76 Å². The molecule has 2 aromatic rings. The van der Waals surface area contributed by atoms with E-state index in [1.54, 1.807) is 25.3 Å². The average molecular weight is 353 g/mol. The summed E-state index contributed by atoms with van der Waals surface area (Å²) in [6, 6.07) is 7.09. The van der Waals surface area contributed by atoms with Crippen LogP contribution < -0.4 is 10.1 Å². The topological polar surface area (TPSA) is 64.4 Å². The second kappa shape index (κ2) is 6.76. The summed E-state index contributed by atoms with van der Waals surface area (Å²) in [5, 5.41) is 6.76. The summed E-state index contributed by atoms with van der Waals surface area (Å²) >= 11 is 3.36. The van der Waals surface area contributed by atoms with Crippen molar-refractivity contribution in [1.82, 2.24) is 10.5 Å². The number of carbonyl (C=O) groups is 1. The first kappa shape index (κ1) is 15.6. The number of halogens is 1. The molecule has 1 heterocycles. The van der Waals surface area contributed by atoms with Gasteiger partial charge >= 0.3 is 0 Å². The number of benzene rings is 1. The molecular formula is C15H17BrN2O3. The second-order valence-electron chi connectivity index (χ2n) is 4.90. The molecule has 1 aromatic heterocycles. The van der Waals surface area contributed by atoms with E-state index in [1.165, 1.54) is 0 Å². The van der Waals surface area contributed by atoms with E-state index >= 15 is 0 Å². The first-order valence-electron chi connectivity index (χ1n) is 6.58. The lowest BCUT2D eigenvalue weighted by Gasteiger charge is -2.07. The van der Waals surface area contributed by atoms with Gasteiger partial charge < -0.3 is 14.6 Å². The largest absolute Gasteiger partial charge is 0.497 e. The number of nitrogens with zero attached hydrogens (tertiary/aromatic N) is 1. The minimum absolute atomic E-state index is 0.205. The summed E-state index contributed by atoms with van der Waals surface area (Å²) in [5.41, 5.74) is 1.39. The van der Waals surface area contributed by atoms with Crippen molar-refractivity contribution in [2.75, 3.05) is 7.11 Å². The number of hydrogen-bond acceptors (Lipinski definition) is 4. The zero-order chi connectivity index (χ0) is 15.4. The van der Waals surface area contributed by atoms with E-state index < -0.39 is 0 Å². The average Bonchev–Trinajstić information content (AvgIpc) is 2.94. The Morgan fingerprint density at radius 1 is 1.43 bits per heavy atom. The van der Waals surface area contributed by atoms with Gasteiger partial charge in [-0.25, -0.2) is 0 Å². The van der Waals surface area contributed by atoms with E-state index in [0.29, 0.717) is 34.0 Å². The molecule has 0 spiro atoms. The van der Waals surface area contributed by atoms with E-state index in [0.717, 1.165) is 5.69 Å². The number of hydrogen-bond donors (Lipinski definition) is 1. The van der Waals surface area contributed by atoms with Crippen LogP contribution in [0.3, 0.4) is 0 Å². The van der Waals surface area contributed by atoms with Crippen LogP contribution in [0.15, 0.2) is 33.3 Å². The van der Waals surface area contributed by atoms with Crippen LogP contribution in [0.1, 0.15) is 41.6 Å². The molecule has 2 rings (SSSR count). The highest BCUT2D eigenvalue weighted by Crippen LogP contribution is 2.22. The van der Waals surface area contributed by atoms with Gasteiger partial charge in [-0.2, -0.15) is 0 Å². The smallest absolute Gasteiger partial charge is 0.252 e. The van der Waals surface area contributed by atoms with Crippen molar-refractivity contribution in [2.24, 2.45) is 0 Å². The summed E-state index contributed by atoms with van der Waals surface area (Å²) in [7, 11) is 1.56. The second-order valence-corrected chi connectivity index (χ2v) is 5.76. The maximum Gasteiger partial charge on any atom is 0.252 e. The molecule has 5 nitrogen and oxygen atoms in total. The molecule has 0 fully saturated rings. The highest BCUT2D eigenvalue weighted by Gasteiger charge is 2.13. The van der Waals surface area contributed by atoms with Crippen LogP contribution in [0.2, 0.25) is 0 Å². The third-order valence-corrected chi connectivity index (χ3v) is 3.70. The lowest BCUT2D eigenvalue weighted by molar-refractivity contribution is 0.0946. The van der Waals surface area contributed by atoms with Crippen molar-refractivity contribution in [1.29, 1.82) is 0 Å². The Labute approximate surface area is 131 Å². The van der Waals surface area contributed by atoms with Crippen molar-refractivity contribution in [3.63, 3.8) is 0 Å². The van der Waals surface area contributed by atoms with Gasteiger partial charge in [-0.1, -0.05) is 19.0 Å². The van der Waals surface area contributed by atoms with Gasteiger partial charge in [0.1, 0.15) is 5.75 Å². The molecule has 112 valence electrons. The molecule has 0 aliphatic carbocycles. The van der Waals surface area contributed by atoms with Gasteiger partial charge in [-0.05, 0) is 40.0 Å². The SMILES string of the molecule is COc1ccc(Br)c(C(=O)NCc2cc(C(C)C)no2)c1. The van der Waals surface area contributed by atoms with Crippen molar-refractivity contribution in [2.45, 2.75) is 26.3 Å². The fourth-order valence-electron chi connectivity index (χ4n) is 1.75. The number of amides is 1. The molecular weight excluding hydrogens is 336 g/mol. The van der Waals surface area contributed by atoms with Crippen LogP contribution in [-0.4, -0.2) is 18.2 Å². The van der Waals surface area contributed by atoms with Crippen molar-refractivity contribution in [3.8, 4) is 5.75 Å². The van der Waals surface area contributed by atoms with Gasteiger partial charge in [0.25, 0.3) is 5.91 Å². The Kier molecular flexibility index (Phi) is 5.01. The number of nitrogens with one attached hydrogen (secondary N) is 1. The Hall–Kier alpha value is -1.82. The molecule has 0 radical (unpaired) electrons. The lowest BCUT2D eigenvalue weighted by Crippen LogP contribution is -2.23. The van der Waals surface area contributed by atoms with Crippen LogP contribution in [-0.2, 0) is 6.54 Å². The maximum absolute atomic E-state index is 12.2. The Morgan fingerprint density at radius 2 is 2.19 bits per heavy atom. The first-order chi connectivity index (χ1) is 10.0. The first-order valence-corrected chi connectivity index (χ1v) is 7.37. The minimum Gasteiger partial charge on any atom is -0.497 e. The van der Waals surface area contributed by atoms with E-state index in [4.69, 9.17) is 9.26 Å². The van der Waals surface area contributed by atoms with Gasteiger partial charge in [0, 0.05) is 10.5 Å². The zero-order valence-corrected chi connectivity index (χ0v) is 13.7. The molecule has 0 saturated heterocycles. The molecule has 0 aliphatic rings. The summed E-state index contributed by atoms with van der Waals surface area (Å²) < 4.78 is 11.0. The zero-order valence-electron chi connectivity index (χ0n) is 12.1. The van der Waals surface area contributed by atoms with E-state index in [2.05, 4.69) is 26.4 Å². The van der Waals surface area contributed by atoms with Crippen LogP contribution in [0.25, 0.3) is 0 Å². The number of rotatable bonds is 5. The van der Waals surface area contributed by atoms with Crippen molar-refractivity contribution in [3.05, 3.63) is 45.8 Å². The van der Waals surface area contributed by atoms with E-state index in [1.807, 2.05) is 19.9 Å². The standard InChI is InChI=1S/C15H17BrN2O3/c1-9(2)14-7-11(21-18-14)8-17-15(19)12-6-10(20-3)4-5-13(12)16/h4-7,9H,8H2,1-3H3,(H,17,19). The molecule has 1 amide bonds.